The summed E-state index contributed by atoms with van der Waals surface area (Å²) >= 11 is 0. The molecule has 0 bridgehead atoms. The molecular weight excluding hydrogens is 414 g/mol. The summed E-state index contributed by atoms with van der Waals surface area (Å²) in [6.07, 6.45) is 11.0. The number of likely N-dealkylation sites (N-methyl/N-ethyl adjacent to an activating group) is 1. The van der Waals surface area contributed by atoms with E-state index < -0.39 is 6.10 Å². The van der Waals surface area contributed by atoms with Gasteiger partial charge in [0.15, 0.2) is 11.5 Å². The molecule has 5 nitrogen and oxygen atoms in total. The molecule has 7 atom stereocenters. The number of ether oxygens (including phenoxy) is 2. The Kier molecular flexibility index (Phi) is 5.39. The predicted molar refractivity (Wildman–Crippen MR) is 129 cm³/mol. The van der Waals surface area contributed by atoms with Gasteiger partial charge >= 0.3 is 0 Å². The summed E-state index contributed by atoms with van der Waals surface area (Å²) in [4.78, 5) is 14.3. The molecule has 1 amide bonds. The third kappa shape index (κ3) is 3.26. The maximum atomic E-state index is 12.3. The number of carbonyl (C=O) groups is 1. The highest BCUT2D eigenvalue weighted by Gasteiger charge is 2.61. The van der Waals surface area contributed by atoms with Gasteiger partial charge in [0.1, 0.15) is 0 Å². The van der Waals surface area contributed by atoms with E-state index in [4.69, 9.17) is 9.47 Å². The van der Waals surface area contributed by atoms with Crippen LogP contribution in [0.25, 0.3) is 6.08 Å². The molecule has 5 rings (SSSR count). The van der Waals surface area contributed by atoms with E-state index in [2.05, 4.69) is 26.0 Å². The molecule has 1 aromatic carbocycles. The van der Waals surface area contributed by atoms with Crippen LogP contribution in [0.5, 0.6) is 11.5 Å². The number of nitrogens with zero attached hydrogens (tertiary/aromatic N) is 1. The van der Waals surface area contributed by atoms with Crippen molar-refractivity contribution in [1.29, 1.82) is 0 Å². The highest BCUT2D eigenvalue weighted by Crippen LogP contribution is 2.65. The molecule has 178 valence electrons. The highest BCUT2D eigenvalue weighted by molar-refractivity contribution is 5.89. The normalized spacial score (nSPS) is 40.9. The van der Waals surface area contributed by atoms with E-state index in [0.717, 1.165) is 43.2 Å². The second-order valence-electron chi connectivity index (χ2n) is 11.1. The molecule has 5 heteroatoms. The number of hydrogen-bond donors (Lipinski definition) is 1. The first kappa shape index (κ1) is 22.5. The Balaban J connectivity index is 1.46. The van der Waals surface area contributed by atoms with E-state index in [1.54, 1.807) is 20.3 Å². The topological polar surface area (TPSA) is 59.0 Å². The van der Waals surface area contributed by atoms with Crippen molar-refractivity contribution in [2.75, 3.05) is 21.3 Å². The van der Waals surface area contributed by atoms with Gasteiger partial charge in [0.2, 0.25) is 5.91 Å². The minimum Gasteiger partial charge on any atom is -0.493 e. The van der Waals surface area contributed by atoms with Crippen molar-refractivity contribution in [3.8, 4) is 11.5 Å². The van der Waals surface area contributed by atoms with Crippen LogP contribution in [0.2, 0.25) is 0 Å². The van der Waals surface area contributed by atoms with E-state index in [1.807, 2.05) is 30.1 Å². The first-order valence-corrected chi connectivity index (χ1v) is 12.3. The molecule has 33 heavy (non-hydrogen) atoms. The van der Waals surface area contributed by atoms with Crippen molar-refractivity contribution < 1.29 is 19.4 Å². The van der Waals surface area contributed by atoms with Crippen LogP contribution in [-0.2, 0) is 4.79 Å². The van der Waals surface area contributed by atoms with E-state index in [9.17, 15) is 9.90 Å². The van der Waals surface area contributed by atoms with Gasteiger partial charge in [-0.05, 0) is 79.2 Å². The largest absolute Gasteiger partial charge is 0.493 e. The maximum Gasteiger partial charge on any atom is 0.246 e. The molecule has 4 aliphatic rings. The van der Waals surface area contributed by atoms with Crippen LogP contribution in [0, 0.1) is 28.6 Å². The Labute approximate surface area is 197 Å². The van der Waals surface area contributed by atoms with Crippen LogP contribution in [-0.4, -0.2) is 49.3 Å². The van der Waals surface area contributed by atoms with Crippen molar-refractivity contribution in [3.63, 3.8) is 0 Å². The quantitative estimate of drug-likeness (QED) is 0.724. The zero-order valence-electron chi connectivity index (χ0n) is 20.5. The van der Waals surface area contributed by atoms with Crippen LogP contribution in [0.3, 0.4) is 0 Å². The number of methoxy groups -OCH3 is 2. The Morgan fingerprint density at radius 1 is 1.09 bits per heavy atom. The number of carbonyl (C=O) groups excluding carboxylic acids is 1. The molecule has 3 aliphatic carbocycles. The number of aliphatic hydroxyl groups is 1. The third-order valence-electron chi connectivity index (χ3n) is 9.76. The predicted octanol–water partition coefficient (Wildman–Crippen LogP) is 4.70. The summed E-state index contributed by atoms with van der Waals surface area (Å²) < 4.78 is 10.9. The van der Waals surface area contributed by atoms with Gasteiger partial charge in [-0.2, -0.15) is 0 Å². The van der Waals surface area contributed by atoms with Gasteiger partial charge in [-0.3, -0.25) is 4.79 Å². The third-order valence-corrected chi connectivity index (χ3v) is 9.76. The molecule has 2 unspecified atom stereocenters. The number of amides is 1. The Morgan fingerprint density at radius 3 is 2.58 bits per heavy atom. The first-order valence-electron chi connectivity index (χ1n) is 12.3. The molecule has 1 aromatic rings. The molecule has 1 aliphatic heterocycles. The summed E-state index contributed by atoms with van der Waals surface area (Å²) in [5, 5.41) is 11.5. The average Bonchev–Trinajstić information content (AvgIpc) is 3.06. The average molecular weight is 452 g/mol. The molecule has 3 fully saturated rings. The standard InChI is InChI=1S/C28H37NO4/c1-27-13-11-25(30)29(3)24(27)9-7-19-20(27)10-12-28(2)21(19)16-18(26(28)31)14-17-6-8-22(32-4)23(15-17)33-5/h6,8,11,13-15,19-21,24,26,31H,7,9-10,12,16H2,1-5H3/t19-,20-,21+,24?,26?,27-,28+/m1/s1. The van der Waals surface area contributed by atoms with Crippen LogP contribution in [0.4, 0.5) is 0 Å². The fraction of sp³-hybridized carbons (Fsp3) is 0.607. The second kappa shape index (κ2) is 7.90. The van der Waals surface area contributed by atoms with Gasteiger partial charge in [0, 0.05) is 23.9 Å². The monoisotopic (exact) mass is 451 g/mol. The van der Waals surface area contributed by atoms with Crippen molar-refractivity contribution in [2.24, 2.45) is 28.6 Å². The van der Waals surface area contributed by atoms with Gasteiger partial charge in [0.05, 0.1) is 20.3 Å². The van der Waals surface area contributed by atoms with Crippen molar-refractivity contribution in [1.82, 2.24) is 4.90 Å². The van der Waals surface area contributed by atoms with Crippen molar-refractivity contribution >= 4 is 12.0 Å². The summed E-state index contributed by atoms with van der Waals surface area (Å²) in [6, 6.07) is 6.22. The first-order chi connectivity index (χ1) is 15.7. The Morgan fingerprint density at radius 2 is 1.85 bits per heavy atom. The van der Waals surface area contributed by atoms with Gasteiger partial charge in [-0.1, -0.05) is 32.1 Å². The molecule has 0 aromatic heterocycles. The lowest BCUT2D eigenvalue weighted by Gasteiger charge is -2.59. The van der Waals surface area contributed by atoms with Gasteiger partial charge in [-0.15, -0.1) is 0 Å². The summed E-state index contributed by atoms with van der Waals surface area (Å²) in [5.74, 6) is 3.14. The summed E-state index contributed by atoms with van der Waals surface area (Å²) in [6.45, 7) is 4.66. The minimum atomic E-state index is -0.423. The number of hydrogen-bond acceptors (Lipinski definition) is 4. The number of fused-ring (bicyclic) bond motifs is 5. The lowest BCUT2D eigenvalue weighted by atomic mass is 9.48. The van der Waals surface area contributed by atoms with Crippen molar-refractivity contribution in [2.45, 2.75) is 58.1 Å². The van der Waals surface area contributed by atoms with Crippen LogP contribution >= 0.6 is 0 Å². The summed E-state index contributed by atoms with van der Waals surface area (Å²) in [5.41, 5.74) is 2.10. The zero-order valence-corrected chi connectivity index (χ0v) is 20.5. The van der Waals surface area contributed by atoms with Crippen LogP contribution in [0.1, 0.15) is 51.5 Å². The van der Waals surface area contributed by atoms with Crippen LogP contribution < -0.4 is 9.47 Å². The van der Waals surface area contributed by atoms with Crippen molar-refractivity contribution in [3.05, 3.63) is 41.5 Å². The van der Waals surface area contributed by atoms with E-state index in [1.165, 1.54) is 0 Å². The number of rotatable bonds is 3. The fourth-order valence-electron chi connectivity index (χ4n) is 7.89. The lowest BCUT2D eigenvalue weighted by Crippen LogP contribution is -2.59. The molecule has 0 saturated heterocycles. The molecule has 1 heterocycles. The maximum absolute atomic E-state index is 12.3. The zero-order chi connectivity index (χ0) is 23.5. The molecule has 0 spiro atoms. The van der Waals surface area contributed by atoms with Gasteiger partial charge in [0.25, 0.3) is 0 Å². The Hall–Kier alpha value is -2.27. The van der Waals surface area contributed by atoms with Crippen LogP contribution in [0.15, 0.2) is 35.9 Å². The molecule has 3 saturated carbocycles. The van der Waals surface area contributed by atoms with E-state index in [-0.39, 0.29) is 22.8 Å². The minimum absolute atomic E-state index is 0.0215. The van der Waals surface area contributed by atoms with Gasteiger partial charge < -0.3 is 19.5 Å². The van der Waals surface area contributed by atoms with Gasteiger partial charge in [-0.25, -0.2) is 0 Å². The smallest absolute Gasteiger partial charge is 0.246 e. The van der Waals surface area contributed by atoms with E-state index >= 15 is 0 Å². The Bertz CT molecular complexity index is 1020. The number of aliphatic hydroxyl groups excluding tert-OH is 1. The SMILES string of the molecule is COc1ccc(C=C2C[C@H]3[C@@H]4CCC5N(C)C(=O)C=C[C@]5(C)[C@@H]4CC[C@]3(C)C2O)cc1OC. The molecule has 1 N–H and O–H groups in total. The molecule has 0 radical (unpaired) electrons. The second-order valence-corrected chi connectivity index (χ2v) is 11.1. The number of benzene rings is 1. The highest BCUT2D eigenvalue weighted by atomic mass is 16.5. The lowest BCUT2D eigenvalue weighted by molar-refractivity contribution is -0.140. The fourth-order valence-corrected chi connectivity index (χ4v) is 7.89. The van der Waals surface area contributed by atoms with E-state index in [0.29, 0.717) is 29.3 Å². The summed E-state index contributed by atoms with van der Waals surface area (Å²) in [7, 11) is 5.25. The molecular formula is C28H37NO4.